The minimum absolute atomic E-state index is 0.0260. The normalized spacial score (nSPS) is 22.6. The van der Waals surface area contributed by atoms with Gasteiger partial charge in [-0.3, -0.25) is 4.79 Å². The highest BCUT2D eigenvalue weighted by molar-refractivity contribution is 6.04. The summed E-state index contributed by atoms with van der Waals surface area (Å²) in [7, 11) is 1.79. The van der Waals surface area contributed by atoms with Crippen LogP contribution >= 0.6 is 0 Å². The number of fused-ring (bicyclic) bond motifs is 1. The van der Waals surface area contributed by atoms with Gasteiger partial charge >= 0.3 is 0 Å². The number of carbonyl (C=O) groups is 1. The third-order valence-electron chi connectivity index (χ3n) is 4.00. The van der Waals surface area contributed by atoms with E-state index < -0.39 is 6.04 Å². The number of likely N-dealkylation sites (N-methyl/N-ethyl adjacent to an activating group) is 1. The molecule has 0 radical (unpaired) electrons. The third-order valence-corrected chi connectivity index (χ3v) is 4.00. The van der Waals surface area contributed by atoms with E-state index in [0.29, 0.717) is 0 Å². The number of anilines is 2. The monoisotopic (exact) mass is 257 g/mol. The third kappa shape index (κ3) is 1.92. The molecule has 1 amide bonds. The minimum atomic E-state index is -0.503. The number of hydrogen-bond donors (Lipinski definition) is 1. The minimum Gasteiger partial charge on any atom is -0.367 e. The molecule has 1 unspecified atom stereocenters. The molecule has 0 aliphatic carbocycles. The molecule has 2 aliphatic heterocycles. The Bertz CT molecular complexity index is 565. The van der Waals surface area contributed by atoms with E-state index >= 15 is 0 Å². The maximum Gasteiger partial charge on any atom is 0.248 e. The van der Waals surface area contributed by atoms with Gasteiger partial charge in [0.05, 0.1) is 5.69 Å². The van der Waals surface area contributed by atoms with E-state index in [4.69, 9.17) is 5.73 Å². The fourth-order valence-electron chi connectivity index (χ4n) is 2.87. The first-order valence-electron chi connectivity index (χ1n) is 6.65. The molecule has 2 aliphatic rings. The maximum absolute atomic E-state index is 11.9. The van der Waals surface area contributed by atoms with E-state index in [1.165, 1.54) is 11.3 Å². The summed E-state index contributed by atoms with van der Waals surface area (Å²) in [6.45, 7) is 4.15. The highest BCUT2D eigenvalue weighted by Gasteiger charge is 2.32. The van der Waals surface area contributed by atoms with Crippen molar-refractivity contribution in [1.82, 2.24) is 0 Å². The first-order valence-corrected chi connectivity index (χ1v) is 6.65. The lowest BCUT2D eigenvalue weighted by Gasteiger charge is -2.29. The summed E-state index contributed by atoms with van der Waals surface area (Å²) in [5.74, 6) is -0.0260. The van der Waals surface area contributed by atoms with Crippen LogP contribution in [0.15, 0.2) is 29.8 Å². The van der Waals surface area contributed by atoms with Crippen LogP contribution in [0.3, 0.4) is 0 Å². The van der Waals surface area contributed by atoms with Gasteiger partial charge < -0.3 is 15.5 Å². The number of nitrogens with zero attached hydrogens (tertiary/aromatic N) is 2. The molecule has 19 heavy (non-hydrogen) atoms. The Hall–Kier alpha value is -1.81. The van der Waals surface area contributed by atoms with Crippen molar-refractivity contribution in [2.24, 2.45) is 5.73 Å². The second-order valence-electron chi connectivity index (χ2n) is 5.38. The summed E-state index contributed by atoms with van der Waals surface area (Å²) >= 11 is 0. The topological polar surface area (TPSA) is 49.6 Å². The van der Waals surface area contributed by atoms with E-state index in [2.05, 4.69) is 30.0 Å². The zero-order valence-corrected chi connectivity index (χ0v) is 11.4. The van der Waals surface area contributed by atoms with Gasteiger partial charge in [0.15, 0.2) is 0 Å². The van der Waals surface area contributed by atoms with Gasteiger partial charge in [-0.2, -0.15) is 0 Å². The van der Waals surface area contributed by atoms with Crippen LogP contribution in [0, 0.1) is 0 Å². The molecule has 3 rings (SSSR count). The van der Waals surface area contributed by atoms with E-state index in [1.54, 1.807) is 11.9 Å². The van der Waals surface area contributed by atoms with E-state index in [0.717, 1.165) is 30.8 Å². The molecule has 0 bridgehead atoms. The highest BCUT2D eigenvalue weighted by Crippen LogP contribution is 2.36. The lowest BCUT2D eigenvalue weighted by atomic mass is 10.1. The SMILES string of the molecule is CC1=CCCN(c2ccc3c(c2)N(C)C(=O)C3N)C1. The van der Waals surface area contributed by atoms with Crippen LogP contribution < -0.4 is 15.5 Å². The molecule has 1 atom stereocenters. The zero-order chi connectivity index (χ0) is 13.6. The van der Waals surface area contributed by atoms with Gasteiger partial charge in [0.2, 0.25) is 5.91 Å². The lowest BCUT2D eigenvalue weighted by Crippen LogP contribution is -2.29. The van der Waals surface area contributed by atoms with Crippen molar-refractivity contribution in [3.63, 3.8) is 0 Å². The fraction of sp³-hybridized carbons (Fsp3) is 0.400. The highest BCUT2D eigenvalue weighted by atomic mass is 16.2. The van der Waals surface area contributed by atoms with Crippen molar-refractivity contribution in [2.45, 2.75) is 19.4 Å². The van der Waals surface area contributed by atoms with Crippen LogP contribution in [0.4, 0.5) is 11.4 Å². The molecule has 0 fully saturated rings. The van der Waals surface area contributed by atoms with Gasteiger partial charge in [-0.05, 0) is 25.5 Å². The first kappa shape index (κ1) is 12.2. The van der Waals surface area contributed by atoms with Gasteiger partial charge in [-0.15, -0.1) is 0 Å². The predicted octanol–water partition coefficient (Wildman–Crippen LogP) is 1.82. The van der Waals surface area contributed by atoms with Crippen LogP contribution in [-0.4, -0.2) is 26.0 Å². The summed E-state index contributed by atoms with van der Waals surface area (Å²) < 4.78 is 0. The number of nitrogens with two attached hydrogens (primary N) is 1. The summed E-state index contributed by atoms with van der Waals surface area (Å²) in [4.78, 5) is 15.9. The van der Waals surface area contributed by atoms with Crippen LogP contribution in [0.1, 0.15) is 24.9 Å². The smallest absolute Gasteiger partial charge is 0.248 e. The average Bonchev–Trinajstić information content (AvgIpc) is 2.64. The Morgan fingerprint density at radius 2 is 2.16 bits per heavy atom. The molecule has 0 aromatic heterocycles. The molecule has 0 saturated heterocycles. The molecule has 0 saturated carbocycles. The van der Waals surface area contributed by atoms with Gasteiger partial charge in [-0.1, -0.05) is 17.7 Å². The standard InChI is InChI=1S/C15H19N3O/c1-10-4-3-7-18(9-10)11-5-6-12-13(8-11)17(2)15(19)14(12)16/h4-6,8,14H,3,7,9,16H2,1-2H3. The van der Waals surface area contributed by atoms with Crippen molar-refractivity contribution in [2.75, 3.05) is 29.9 Å². The average molecular weight is 257 g/mol. The fourth-order valence-corrected chi connectivity index (χ4v) is 2.87. The van der Waals surface area contributed by atoms with Gasteiger partial charge in [0, 0.05) is 31.4 Å². The molecule has 1 aromatic rings. The Morgan fingerprint density at radius 1 is 1.37 bits per heavy atom. The first-order chi connectivity index (χ1) is 9.08. The summed E-state index contributed by atoms with van der Waals surface area (Å²) in [5.41, 5.74) is 10.4. The molecule has 0 spiro atoms. The Balaban J connectivity index is 1.95. The number of rotatable bonds is 1. The van der Waals surface area contributed by atoms with Gasteiger partial charge in [-0.25, -0.2) is 0 Å². The Morgan fingerprint density at radius 3 is 2.89 bits per heavy atom. The van der Waals surface area contributed by atoms with Crippen molar-refractivity contribution < 1.29 is 4.79 Å². The molecule has 2 N–H and O–H groups in total. The number of benzene rings is 1. The zero-order valence-electron chi connectivity index (χ0n) is 11.4. The number of hydrogen-bond acceptors (Lipinski definition) is 3. The van der Waals surface area contributed by atoms with Crippen LogP contribution in [0.2, 0.25) is 0 Å². The summed E-state index contributed by atoms with van der Waals surface area (Å²) in [5, 5.41) is 0. The van der Waals surface area contributed by atoms with Crippen molar-refractivity contribution in [3.05, 3.63) is 35.4 Å². The molecule has 2 heterocycles. The second kappa shape index (κ2) is 4.38. The van der Waals surface area contributed by atoms with Gasteiger partial charge in [0.1, 0.15) is 6.04 Å². The molecule has 4 heteroatoms. The van der Waals surface area contributed by atoms with Crippen LogP contribution in [-0.2, 0) is 4.79 Å². The quantitative estimate of drug-likeness (QED) is 0.781. The largest absolute Gasteiger partial charge is 0.367 e. The maximum atomic E-state index is 11.9. The van der Waals surface area contributed by atoms with E-state index in [1.807, 2.05) is 6.07 Å². The van der Waals surface area contributed by atoms with Gasteiger partial charge in [0.25, 0.3) is 0 Å². The molecular formula is C15H19N3O. The molecule has 100 valence electrons. The van der Waals surface area contributed by atoms with Crippen LogP contribution in [0.5, 0.6) is 0 Å². The molecule has 1 aromatic carbocycles. The van der Waals surface area contributed by atoms with Crippen molar-refractivity contribution in [3.8, 4) is 0 Å². The van der Waals surface area contributed by atoms with Crippen molar-refractivity contribution in [1.29, 1.82) is 0 Å². The van der Waals surface area contributed by atoms with E-state index in [9.17, 15) is 4.79 Å². The molecule has 4 nitrogen and oxygen atoms in total. The molecular weight excluding hydrogens is 238 g/mol. The van der Waals surface area contributed by atoms with E-state index in [-0.39, 0.29) is 5.91 Å². The van der Waals surface area contributed by atoms with Crippen molar-refractivity contribution >= 4 is 17.3 Å². The summed E-state index contributed by atoms with van der Waals surface area (Å²) in [6.07, 6.45) is 3.37. The van der Waals surface area contributed by atoms with Crippen LogP contribution in [0.25, 0.3) is 0 Å². The Kier molecular flexibility index (Phi) is 2.82. The number of carbonyl (C=O) groups excluding carboxylic acids is 1. The number of amides is 1. The Labute approximate surface area is 113 Å². The predicted molar refractivity (Wildman–Crippen MR) is 77.4 cm³/mol. The lowest BCUT2D eigenvalue weighted by molar-refractivity contribution is -0.118. The summed E-state index contributed by atoms with van der Waals surface area (Å²) in [6, 6.07) is 5.64. The second-order valence-corrected chi connectivity index (χ2v) is 5.38.